The Labute approximate surface area is 521 Å². The maximum Gasteiger partial charge on any atom is 0.306 e. The second-order valence-electron chi connectivity index (χ2n) is 23.6. The number of esters is 2. The van der Waals surface area contributed by atoms with E-state index in [1.54, 1.807) is 0 Å². The molecule has 1 N–H and O–H groups in total. The fraction of sp³-hybridized carbons (Fsp3) is 0.696. The number of hydrogen-bond acceptors (Lipinski definition) is 5. The molecule has 84 heavy (non-hydrogen) atoms. The van der Waals surface area contributed by atoms with Gasteiger partial charge in [0, 0.05) is 12.8 Å². The first-order chi connectivity index (χ1) is 41.6. The van der Waals surface area contributed by atoms with Crippen LogP contribution in [0.25, 0.3) is 0 Å². The molecule has 5 nitrogen and oxygen atoms in total. The van der Waals surface area contributed by atoms with Gasteiger partial charge < -0.3 is 14.6 Å². The lowest BCUT2D eigenvalue weighted by molar-refractivity contribution is -0.161. The van der Waals surface area contributed by atoms with Crippen molar-refractivity contribution in [2.75, 3.05) is 13.2 Å². The van der Waals surface area contributed by atoms with Crippen LogP contribution in [0.4, 0.5) is 0 Å². The minimum absolute atomic E-state index is 0.0710. The van der Waals surface area contributed by atoms with E-state index in [4.69, 9.17) is 9.47 Å². The molecule has 0 saturated heterocycles. The van der Waals surface area contributed by atoms with Gasteiger partial charge in [-0.2, -0.15) is 0 Å². The van der Waals surface area contributed by atoms with Crippen molar-refractivity contribution in [3.8, 4) is 0 Å². The first-order valence-corrected chi connectivity index (χ1v) is 35.7. The second-order valence-corrected chi connectivity index (χ2v) is 23.6. The van der Waals surface area contributed by atoms with Crippen LogP contribution in [0.15, 0.2) is 134 Å². The Morgan fingerprint density at radius 3 is 0.714 bits per heavy atom. The maximum absolute atomic E-state index is 12.4. The molecule has 0 rings (SSSR count). The zero-order chi connectivity index (χ0) is 60.5. The first-order valence-electron chi connectivity index (χ1n) is 35.7. The molecule has 480 valence electrons. The van der Waals surface area contributed by atoms with Crippen LogP contribution in [0.3, 0.4) is 0 Å². The van der Waals surface area contributed by atoms with Crippen LogP contribution >= 0.6 is 0 Å². The van der Waals surface area contributed by atoms with Crippen molar-refractivity contribution in [3.05, 3.63) is 134 Å². The predicted octanol–water partition coefficient (Wildman–Crippen LogP) is 25.1. The summed E-state index contributed by atoms with van der Waals surface area (Å²) in [6.45, 7) is 3.93. The lowest BCUT2D eigenvalue weighted by Crippen LogP contribution is -2.28. The summed E-state index contributed by atoms with van der Waals surface area (Å²) in [6, 6.07) is 0. The van der Waals surface area contributed by atoms with Crippen LogP contribution in [-0.4, -0.2) is 36.4 Å². The van der Waals surface area contributed by atoms with Crippen molar-refractivity contribution < 1.29 is 24.2 Å². The first kappa shape index (κ1) is 80.0. The Hall–Kier alpha value is -3.96. The normalized spacial score (nSPS) is 13.0. The molecule has 0 heterocycles. The molecule has 0 spiro atoms. The molecule has 0 aliphatic carbocycles. The smallest absolute Gasteiger partial charge is 0.306 e. The molecule has 0 radical (unpaired) electrons. The van der Waals surface area contributed by atoms with Gasteiger partial charge in [-0.1, -0.05) is 347 Å². The number of hydrogen-bond donors (Lipinski definition) is 1. The summed E-state index contributed by atoms with van der Waals surface area (Å²) in [5.41, 5.74) is 0. The summed E-state index contributed by atoms with van der Waals surface area (Å²) < 4.78 is 10.8. The van der Waals surface area contributed by atoms with Gasteiger partial charge >= 0.3 is 11.9 Å². The number of unbranched alkanes of at least 4 members (excludes halogenated alkanes) is 35. The number of allylic oxidation sites excluding steroid dienone is 22. The molecule has 1 unspecified atom stereocenters. The third-order valence-electron chi connectivity index (χ3n) is 15.4. The van der Waals surface area contributed by atoms with Crippen molar-refractivity contribution in [1.82, 2.24) is 0 Å². The number of ether oxygens (including phenoxy) is 2. The van der Waals surface area contributed by atoms with Crippen molar-refractivity contribution in [2.45, 2.75) is 341 Å². The van der Waals surface area contributed by atoms with Gasteiger partial charge in [0.05, 0.1) is 6.61 Å². The van der Waals surface area contributed by atoms with Gasteiger partial charge in [0.1, 0.15) is 6.61 Å². The molecule has 1 atom stereocenters. The lowest BCUT2D eigenvalue weighted by atomic mass is 10.0. The van der Waals surface area contributed by atoms with E-state index in [-0.39, 0.29) is 25.2 Å². The summed E-state index contributed by atoms with van der Waals surface area (Å²) in [7, 11) is 0. The van der Waals surface area contributed by atoms with Crippen LogP contribution in [-0.2, 0) is 19.1 Å². The largest absolute Gasteiger partial charge is 0.462 e. The van der Waals surface area contributed by atoms with Gasteiger partial charge in [-0.05, 0) is 109 Å². The second kappa shape index (κ2) is 73.3. The standard InChI is InChI=1S/C79H134O5/c1-3-5-7-9-11-13-15-17-19-21-23-25-27-29-31-33-35-36-37-38-39-40-41-42-44-45-47-49-51-53-55-57-59-61-63-65-67-69-71-73-78(81)83-76-77(75-80)84-79(82)74-72-70-68-66-64-62-60-58-56-54-52-50-48-46-43-34-32-30-28-26-24-22-20-18-16-14-12-10-8-6-4-2/h5-8,11-14,17-20,23-26,30,32,43,46,50,52,77,80H,3-4,9-10,15-16,21-22,27-29,31,33-42,44-45,47-49,51,53-76H2,1-2H3/b7-5-,8-6-,13-11-,14-12-,19-17-,20-18-,25-23-,26-24-,32-30-,46-43-,52-50-. The zero-order valence-electron chi connectivity index (χ0n) is 55.1. The number of rotatable bonds is 65. The SMILES string of the molecule is CC/C=C\C/C=C\C/C=C\C/C=C\C/C=C\C/C=C\C/C=C\CCCCCCCCCCCC(=O)OC(CO)COC(=O)CCCCCCCCCCCCCCCCCCCCCCCCCCCC/C=C\C/C=C\C/C=C\C/C=C\CC. The average molecular weight is 1160 g/mol. The fourth-order valence-electron chi connectivity index (χ4n) is 10.2. The monoisotopic (exact) mass is 1160 g/mol. The van der Waals surface area contributed by atoms with Crippen molar-refractivity contribution in [1.29, 1.82) is 0 Å². The Morgan fingerprint density at radius 2 is 0.476 bits per heavy atom. The van der Waals surface area contributed by atoms with Crippen molar-refractivity contribution in [2.24, 2.45) is 0 Å². The van der Waals surface area contributed by atoms with Crippen LogP contribution in [0.5, 0.6) is 0 Å². The van der Waals surface area contributed by atoms with E-state index in [1.807, 2.05) is 0 Å². The van der Waals surface area contributed by atoms with Gasteiger partial charge in [0.25, 0.3) is 0 Å². The third kappa shape index (κ3) is 70.5. The van der Waals surface area contributed by atoms with Crippen molar-refractivity contribution in [3.63, 3.8) is 0 Å². The molecule has 5 heteroatoms. The van der Waals surface area contributed by atoms with E-state index in [0.717, 1.165) is 116 Å². The van der Waals surface area contributed by atoms with Gasteiger partial charge in [-0.15, -0.1) is 0 Å². The maximum atomic E-state index is 12.4. The summed E-state index contributed by atoms with van der Waals surface area (Å²) in [5.74, 6) is -0.590. The molecule has 0 aromatic heterocycles. The highest BCUT2D eigenvalue weighted by Gasteiger charge is 2.16. The zero-order valence-corrected chi connectivity index (χ0v) is 55.1. The fourth-order valence-corrected chi connectivity index (χ4v) is 10.2. The summed E-state index contributed by atoms with van der Waals surface area (Å²) in [5, 5.41) is 9.71. The highest BCUT2D eigenvalue weighted by Crippen LogP contribution is 2.18. The summed E-state index contributed by atoms with van der Waals surface area (Å²) >= 11 is 0. The number of carbonyl (C=O) groups is 2. The molecule has 0 amide bonds. The summed E-state index contributed by atoms with van der Waals surface area (Å²) in [4.78, 5) is 24.7. The van der Waals surface area contributed by atoms with Crippen LogP contribution in [0, 0.1) is 0 Å². The Balaban J connectivity index is 3.46. The molecule has 0 aliphatic heterocycles. The average Bonchev–Trinajstić information content (AvgIpc) is 3.51. The minimum atomic E-state index is -0.783. The molecular weight excluding hydrogens is 1030 g/mol. The van der Waals surface area contributed by atoms with E-state index in [9.17, 15) is 14.7 Å². The number of carbonyl (C=O) groups excluding carboxylic acids is 2. The minimum Gasteiger partial charge on any atom is -0.462 e. The molecular formula is C79H134O5. The highest BCUT2D eigenvalue weighted by molar-refractivity contribution is 5.70. The molecule has 0 fully saturated rings. The van der Waals surface area contributed by atoms with Crippen LogP contribution < -0.4 is 0 Å². The molecule has 0 bridgehead atoms. The van der Waals surface area contributed by atoms with E-state index in [0.29, 0.717) is 12.8 Å². The van der Waals surface area contributed by atoms with Crippen LogP contribution in [0.1, 0.15) is 335 Å². The quantitative estimate of drug-likeness (QED) is 0.0373. The Bertz CT molecular complexity index is 1700. The highest BCUT2D eigenvalue weighted by atomic mass is 16.6. The number of aliphatic hydroxyl groups excluding tert-OH is 1. The topological polar surface area (TPSA) is 72.8 Å². The van der Waals surface area contributed by atoms with Crippen molar-refractivity contribution >= 4 is 11.9 Å². The Morgan fingerprint density at radius 1 is 0.274 bits per heavy atom. The van der Waals surface area contributed by atoms with E-state index in [2.05, 4.69) is 148 Å². The molecule has 0 aliphatic rings. The molecule has 0 saturated carbocycles. The lowest BCUT2D eigenvalue weighted by Gasteiger charge is -2.15. The van der Waals surface area contributed by atoms with E-state index < -0.39 is 6.10 Å². The number of aliphatic hydroxyl groups is 1. The molecule has 0 aromatic rings. The molecule has 0 aromatic carbocycles. The van der Waals surface area contributed by atoms with E-state index in [1.165, 1.54) is 193 Å². The van der Waals surface area contributed by atoms with Gasteiger partial charge in [0.15, 0.2) is 6.10 Å². The van der Waals surface area contributed by atoms with Gasteiger partial charge in [-0.25, -0.2) is 0 Å². The van der Waals surface area contributed by atoms with E-state index >= 15 is 0 Å². The Kier molecular flexibility index (Phi) is 69.8. The summed E-state index contributed by atoms with van der Waals surface area (Å²) in [6.07, 6.45) is 109. The third-order valence-corrected chi connectivity index (χ3v) is 15.4. The van der Waals surface area contributed by atoms with Crippen LogP contribution in [0.2, 0.25) is 0 Å². The van der Waals surface area contributed by atoms with Gasteiger partial charge in [-0.3, -0.25) is 9.59 Å². The van der Waals surface area contributed by atoms with Gasteiger partial charge in [0.2, 0.25) is 0 Å². The predicted molar refractivity (Wildman–Crippen MR) is 371 cm³/mol.